The number of benzene rings is 1. The summed E-state index contributed by atoms with van der Waals surface area (Å²) in [7, 11) is 0. The van der Waals surface area contributed by atoms with E-state index in [0.717, 1.165) is 22.2 Å². The molecule has 17 heavy (non-hydrogen) atoms. The lowest BCUT2D eigenvalue weighted by Crippen LogP contribution is -1.97. The third-order valence-corrected chi connectivity index (χ3v) is 3.99. The first-order chi connectivity index (χ1) is 8.13. The van der Waals surface area contributed by atoms with Crippen molar-refractivity contribution in [2.24, 2.45) is 0 Å². The SMILES string of the molecule is CCc1nc(-c2ccccc2Cl)nc(Cl)c1Br. The van der Waals surface area contributed by atoms with Crippen molar-refractivity contribution in [2.75, 3.05) is 0 Å². The number of rotatable bonds is 2. The van der Waals surface area contributed by atoms with Crippen molar-refractivity contribution in [3.63, 3.8) is 0 Å². The van der Waals surface area contributed by atoms with E-state index in [0.29, 0.717) is 16.0 Å². The second kappa shape index (κ2) is 5.34. The molecule has 0 saturated carbocycles. The van der Waals surface area contributed by atoms with Crippen LogP contribution in [0.3, 0.4) is 0 Å². The van der Waals surface area contributed by atoms with Crippen LogP contribution in [0.1, 0.15) is 12.6 Å². The number of hydrogen-bond donors (Lipinski definition) is 0. The lowest BCUT2D eigenvalue weighted by Gasteiger charge is -2.07. The molecule has 0 aliphatic carbocycles. The molecule has 0 bridgehead atoms. The molecule has 0 saturated heterocycles. The van der Waals surface area contributed by atoms with Gasteiger partial charge in [0, 0.05) is 5.56 Å². The van der Waals surface area contributed by atoms with Gasteiger partial charge in [-0.25, -0.2) is 9.97 Å². The van der Waals surface area contributed by atoms with Gasteiger partial charge in [0.05, 0.1) is 15.2 Å². The van der Waals surface area contributed by atoms with Crippen molar-refractivity contribution in [1.29, 1.82) is 0 Å². The molecule has 88 valence electrons. The van der Waals surface area contributed by atoms with Crippen LogP contribution in [-0.2, 0) is 6.42 Å². The number of hydrogen-bond acceptors (Lipinski definition) is 2. The Labute approximate surface area is 118 Å². The summed E-state index contributed by atoms with van der Waals surface area (Å²) in [5, 5.41) is 1.03. The number of aryl methyl sites for hydroxylation is 1. The molecule has 1 heterocycles. The van der Waals surface area contributed by atoms with Crippen molar-refractivity contribution >= 4 is 39.1 Å². The molecule has 0 amide bonds. The Hall–Kier alpha value is -0.640. The van der Waals surface area contributed by atoms with Gasteiger partial charge in [0.15, 0.2) is 5.82 Å². The van der Waals surface area contributed by atoms with E-state index in [1.807, 2.05) is 31.2 Å². The van der Waals surface area contributed by atoms with Gasteiger partial charge >= 0.3 is 0 Å². The fourth-order valence-corrected chi connectivity index (χ4v) is 2.33. The number of nitrogens with zero attached hydrogens (tertiary/aromatic N) is 2. The van der Waals surface area contributed by atoms with Crippen molar-refractivity contribution < 1.29 is 0 Å². The Morgan fingerprint density at radius 2 is 1.88 bits per heavy atom. The van der Waals surface area contributed by atoms with Crippen LogP contribution in [-0.4, -0.2) is 9.97 Å². The second-order valence-electron chi connectivity index (χ2n) is 3.43. The molecule has 0 atom stereocenters. The summed E-state index contributed by atoms with van der Waals surface area (Å²) in [6.07, 6.45) is 0.778. The van der Waals surface area contributed by atoms with Gasteiger partial charge in [-0.05, 0) is 34.5 Å². The maximum absolute atomic E-state index is 6.11. The highest BCUT2D eigenvalue weighted by Crippen LogP contribution is 2.30. The van der Waals surface area contributed by atoms with E-state index >= 15 is 0 Å². The molecule has 5 heteroatoms. The molecule has 1 aromatic carbocycles. The fourth-order valence-electron chi connectivity index (χ4n) is 1.46. The lowest BCUT2D eigenvalue weighted by molar-refractivity contribution is 0.991. The molecular formula is C12H9BrCl2N2. The van der Waals surface area contributed by atoms with Crippen LogP contribution in [0.15, 0.2) is 28.7 Å². The molecule has 1 aromatic heterocycles. The Balaban J connectivity index is 2.61. The molecule has 2 nitrogen and oxygen atoms in total. The molecule has 0 radical (unpaired) electrons. The topological polar surface area (TPSA) is 25.8 Å². The largest absolute Gasteiger partial charge is 0.232 e. The van der Waals surface area contributed by atoms with Gasteiger partial charge in [0.25, 0.3) is 0 Å². The van der Waals surface area contributed by atoms with Crippen molar-refractivity contribution in [1.82, 2.24) is 9.97 Å². The van der Waals surface area contributed by atoms with Crippen molar-refractivity contribution in [3.8, 4) is 11.4 Å². The highest BCUT2D eigenvalue weighted by atomic mass is 79.9. The maximum Gasteiger partial charge on any atom is 0.162 e. The molecule has 0 N–H and O–H groups in total. The zero-order chi connectivity index (χ0) is 12.4. The Morgan fingerprint density at radius 3 is 2.53 bits per heavy atom. The summed E-state index contributed by atoms with van der Waals surface area (Å²) in [6.45, 7) is 2.01. The van der Waals surface area contributed by atoms with E-state index in [1.54, 1.807) is 0 Å². The minimum Gasteiger partial charge on any atom is -0.232 e. The summed E-state index contributed by atoms with van der Waals surface area (Å²) in [5.74, 6) is 0.556. The van der Waals surface area contributed by atoms with Gasteiger partial charge in [-0.3, -0.25) is 0 Å². The highest BCUT2D eigenvalue weighted by Gasteiger charge is 2.12. The predicted octanol–water partition coefficient (Wildman–Crippen LogP) is 4.78. The van der Waals surface area contributed by atoms with Crippen LogP contribution in [0.2, 0.25) is 10.2 Å². The molecule has 0 spiro atoms. The molecule has 0 fully saturated rings. The number of halogens is 3. The molecular weight excluding hydrogens is 323 g/mol. The van der Waals surface area contributed by atoms with E-state index < -0.39 is 0 Å². The normalized spacial score (nSPS) is 10.6. The van der Waals surface area contributed by atoms with Crippen LogP contribution in [0.4, 0.5) is 0 Å². The fraction of sp³-hybridized carbons (Fsp3) is 0.167. The predicted molar refractivity (Wildman–Crippen MR) is 74.6 cm³/mol. The monoisotopic (exact) mass is 330 g/mol. The van der Waals surface area contributed by atoms with Gasteiger partial charge in [-0.1, -0.05) is 42.3 Å². The molecule has 0 unspecified atom stereocenters. The van der Waals surface area contributed by atoms with Crippen LogP contribution >= 0.6 is 39.1 Å². The average molecular weight is 332 g/mol. The van der Waals surface area contributed by atoms with Gasteiger partial charge in [0.1, 0.15) is 5.15 Å². The minimum atomic E-state index is 0.409. The van der Waals surface area contributed by atoms with Crippen LogP contribution in [0.5, 0.6) is 0 Å². The van der Waals surface area contributed by atoms with Gasteiger partial charge in [-0.2, -0.15) is 0 Å². The van der Waals surface area contributed by atoms with Gasteiger partial charge < -0.3 is 0 Å². The summed E-state index contributed by atoms with van der Waals surface area (Å²) < 4.78 is 0.748. The highest BCUT2D eigenvalue weighted by molar-refractivity contribution is 9.10. The van der Waals surface area contributed by atoms with Crippen molar-refractivity contribution in [2.45, 2.75) is 13.3 Å². The summed E-state index contributed by atoms with van der Waals surface area (Å²) in [4.78, 5) is 8.69. The van der Waals surface area contributed by atoms with Crippen LogP contribution in [0, 0.1) is 0 Å². The van der Waals surface area contributed by atoms with Gasteiger partial charge in [0.2, 0.25) is 0 Å². The van der Waals surface area contributed by atoms with E-state index in [1.165, 1.54) is 0 Å². The van der Waals surface area contributed by atoms with E-state index in [-0.39, 0.29) is 0 Å². The summed E-state index contributed by atoms with van der Waals surface area (Å²) >= 11 is 15.5. The maximum atomic E-state index is 6.11. The standard InChI is InChI=1S/C12H9BrCl2N2/c1-2-9-10(13)11(15)17-12(16-9)7-5-3-4-6-8(7)14/h3-6H,2H2,1H3. The number of aromatic nitrogens is 2. The Kier molecular flexibility index (Phi) is 4.02. The first-order valence-electron chi connectivity index (χ1n) is 5.10. The van der Waals surface area contributed by atoms with E-state index in [2.05, 4.69) is 25.9 Å². The Morgan fingerprint density at radius 1 is 1.18 bits per heavy atom. The second-order valence-corrected chi connectivity index (χ2v) is 4.99. The van der Waals surface area contributed by atoms with Gasteiger partial charge in [-0.15, -0.1) is 0 Å². The lowest BCUT2D eigenvalue weighted by atomic mass is 10.2. The molecule has 2 rings (SSSR count). The molecule has 0 aliphatic rings. The van der Waals surface area contributed by atoms with Crippen molar-refractivity contribution in [3.05, 3.63) is 44.6 Å². The third-order valence-electron chi connectivity index (χ3n) is 2.33. The first-order valence-corrected chi connectivity index (χ1v) is 6.65. The zero-order valence-corrected chi connectivity index (χ0v) is 12.1. The minimum absolute atomic E-state index is 0.409. The van der Waals surface area contributed by atoms with E-state index in [9.17, 15) is 0 Å². The van der Waals surface area contributed by atoms with E-state index in [4.69, 9.17) is 23.2 Å². The zero-order valence-electron chi connectivity index (χ0n) is 9.04. The average Bonchev–Trinajstić information content (AvgIpc) is 2.33. The first kappa shape index (κ1) is 12.8. The Bertz CT molecular complexity index is 558. The summed E-state index contributed by atoms with van der Waals surface area (Å²) in [5.41, 5.74) is 1.66. The quantitative estimate of drug-likeness (QED) is 0.740. The molecule has 0 aliphatic heterocycles. The third kappa shape index (κ3) is 2.62. The van der Waals surface area contributed by atoms with Crippen LogP contribution < -0.4 is 0 Å². The summed E-state index contributed by atoms with van der Waals surface area (Å²) in [6, 6.07) is 7.45. The smallest absolute Gasteiger partial charge is 0.162 e. The van der Waals surface area contributed by atoms with Crippen LogP contribution in [0.25, 0.3) is 11.4 Å². The molecule has 2 aromatic rings.